The molecule has 0 radical (unpaired) electrons. The summed E-state index contributed by atoms with van der Waals surface area (Å²) in [6, 6.07) is 14.2. The average Bonchev–Trinajstić information content (AvgIpc) is 3.30. The molecule has 182 valence electrons. The monoisotopic (exact) mass is 569 g/mol. The number of ether oxygens (including phenoxy) is 4. The van der Waals surface area contributed by atoms with Crippen molar-refractivity contribution in [1.29, 1.82) is 0 Å². The third-order valence-electron chi connectivity index (χ3n) is 5.57. The molecule has 1 N–H and O–H groups in total. The molecule has 2 aromatic rings. The maximum absolute atomic E-state index is 5.97. The van der Waals surface area contributed by atoms with Crippen LogP contribution in [0.5, 0.6) is 17.2 Å². The highest BCUT2D eigenvalue weighted by atomic mass is 127. The van der Waals surface area contributed by atoms with Gasteiger partial charge in [-0.15, -0.1) is 24.0 Å². The summed E-state index contributed by atoms with van der Waals surface area (Å²) in [7, 11) is 4.86. The second-order valence-electron chi connectivity index (χ2n) is 7.77. The van der Waals surface area contributed by atoms with Crippen molar-refractivity contribution in [2.45, 2.75) is 26.5 Å². The van der Waals surface area contributed by atoms with Crippen LogP contribution >= 0.6 is 24.0 Å². The van der Waals surface area contributed by atoms with Crippen molar-refractivity contribution in [3.05, 3.63) is 53.6 Å². The molecule has 1 atom stereocenters. The van der Waals surface area contributed by atoms with Crippen molar-refractivity contribution in [2.24, 2.45) is 10.9 Å². The van der Waals surface area contributed by atoms with Crippen LogP contribution in [0.2, 0.25) is 0 Å². The van der Waals surface area contributed by atoms with E-state index in [1.165, 1.54) is 5.56 Å². The maximum atomic E-state index is 5.97. The number of aliphatic imine (C=N–C) groups is 1. The van der Waals surface area contributed by atoms with Crippen LogP contribution in [-0.2, 0) is 17.9 Å². The van der Waals surface area contributed by atoms with Gasteiger partial charge in [0.1, 0.15) is 0 Å². The van der Waals surface area contributed by atoms with Crippen molar-refractivity contribution < 1.29 is 18.9 Å². The van der Waals surface area contributed by atoms with Crippen molar-refractivity contribution in [3.63, 3.8) is 0 Å². The van der Waals surface area contributed by atoms with E-state index in [-0.39, 0.29) is 24.0 Å². The van der Waals surface area contributed by atoms with E-state index < -0.39 is 0 Å². The number of hydrogen-bond donors (Lipinski definition) is 1. The lowest BCUT2D eigenvalue weighted by Gasteiger charge is -2.22. The van der Waals surface area contributed by atoms with Gasteiger partial charge in [0.2, 0.25) is 5.75 Å². The first-order chi connectivity index (χ1) is 15.7. The molecule has 0 spiro atoms. The Hall–Kier alpha value is -2.20. The Bertz CT molecular complexity index is 879. The van der Waals surface area contributed by atoms with E-state index in [1.807, 2.05) is 30.3 Å². The van der Waals surface area contributed by atoms with Gasteiger partial charge in [0.05, 0.1) is 41.1 Å². The van der Waals surface area contributed by atoms with Gasteiger partial charge in [0, 0.05) is 31.1 Å². The molecule has 1 saturated heterocycles. The van der Waals surface area contributed by atoms with Gasteiger partial charge in [-0.1, -0.05) is 30.3 Å². The fourth-order valence-corrected chi connectivity index (χ4v) is 3.95. The van der Waals surface area contributed by atoms with Gasteiger partial charge in [-0.3, -0.25) is 0 Å². The summed E-state index contributed by atoms with van der Waals surface area (Å²) < 4.78 is 22.4. The van der Waals surface area contributed by atoms with Gasteiger partial charge in [-0.25, -0.2) is 4.99 Å². The molecule has 33 heavy (non-hydrogen) atoms. The molecule has 2 aromatic carbocycles. The molecule has 0 amide bonds. The zero-order valence-electron chi connectivity index (χ0n) is 20.0. The standard InChI is InChI=1S/C25H35N3O4.HI/c1-5-26-25(27-15-21-11-12-22(29-2)24(31-4)23(21)30-3)28-14-13-20(16-28)18-32-17-19-9-7-6-8-10-19;/h6-12,20H,5,13-18H2,1-4H3,(H,26,27);1H. The normalized spacial score (nSPS) is 15.7. The van der Waals surface area contributed by atoms with E-state index in [9.17, 15) is 0 Å². The van der Waals surface area contributed by atoms with Crippen LogP contribution in [0.15, 0.2) is 47.5 Å². The molecule has 3 rings (SSSR count). The Balaban J connectivity index is 0.00000385. The SMILES string of the molecule is CCNC(=NCc1ccc(OC)c(OC)c1OC)N1CCC(COCc2ccccc2)C1.I. The van der Waals surface area contributed by atoms with Crippen LogP contribution in [0.4, 0.5) is 0 Å². The van der Waals surface area contributed by atoms with E-state index in [1.54, 1.807) is 21.3 Å². The first kappa shape index (κ1) is 27.0. The lowest BCUT2D eigenvalue weighted by atomic mass is 10.1. The molecule has 0 aromatic heterocycles. The summed E-state index contributed by atoms with van der Waals surface area (Å²) in [6.45, 7) is 6.70. The minimum atomic E-state index is 0. The zero-order chi connectivity index (χ0) is 22.8. The summed E-state index contributed by atoms with van der Waals surface area (Å²) in [5, 5.41) is 3.42. The number of likely N-dealkylation sites (tertiary alicyclic amines) is 1. The number of nitrogens with zero attached hydrogens (tertiary/aromatic N) is 2. The molecular weight excluding hydrogens is 533 g/mol. The summed E-state index contributed by atoms with van der Waals surface area (Å²) in [6.07, 6.45) is 1.10. The van der Waals surface area contributed by atoms with E-state index in [4.69, 9.17) is 23.9 Å². The number of benzene rings is 2. The minimum Gasteiger partial charge on any atom is -0.493 e. The van der Waals surface area contributed by atoms with Crippen molar-refractivity contribution >= 4 is 29.9 Å². The first-order valence-corrected chi connectivity index (χ1v) is 11.1. The number of methoxy groups -OCH3 is 3. The highest BCUT2D eigenvalue weighted by Gasteiger charge is 2.25. The number of rotatable bonds is 10. The molecule has 0 aliphatic carbocycles. The molecule has 1 fully saturated rings. The van der Waals surface area contributed by atoms with Crippen LogP contribution in [0.25, 0.3) is 0 Å². The Labute approximate surface area is 214 Å². The Morgan fingerprint density at radius 1 is 1.03 bits per heavy atom. The summed E-state index contributed by atoms with van der Waals surface area (Å²) >= 11 is 0. The van der Waals surface area contributed by atoms with Crippen molar-refractivity contribution in [2.75, 3.05) is 47.6 Å². The Morgan fingerprint density at radius 2 is 1.79 bits per heavy atom. The molecule has 0 saturated carbocycles. The van der Waals surface area contributed by atoms with Crippen molar-refractivity contribution in [3.8, 4) is 17.2 Å². The molecule has 1 aliphatic rings. The van der Waals surface area contributed by atoms with Gasteiger partial charge in [0.25, 0.3) is 0 Å². The topological polar surface area (TPSA) is 64.6 Å². The number of halogens is 1. The highest BCUT2D eigenvalue weighted by Crippen LogP contribution is 2.40. The van der Waals surface area contributed by atoms with Crippen LogP contribution in [0.1, 0.15) is 24.5 Å². The summed E-state index contributed by atoms with van der Waals surface area (Å²) in [4.78, 5) is 7.19. The number of guanidine groups is 1. The first-order valence-electron chi connectivity index (χ1n) is 11.1. The lowest BCUT2D eigenvalue weighted by Crippen LogP contribution is -2.40. The van der Waals surface area contributed by atoms with E-state index in [0.717, 1.165) is 44.2 Å². The third-order valence-corrected chi connectivity index (χ3v) is 5.57. The van der Waals surface area contributed by atoms with E-state index >= 15 is 0 Å². The smallest absolute Gasteiger partial charge is 0.203 e. The number of hydrogen-bond acceptors (Lipinski definition) is 5. The van der Waals surface area contributed by atoms with E-state index in [0.29, 0.717) is 36.3 Å². The van der Waals surface area contributed by atoms with Gasteiger partial charge in [-0.2, -0.15) is 0 Å². The van der Waals surface area contributed by atoms with Crippen LogP contribution in [-0.4, -0.2) is 58.4 Å². The molecule has 1 heterocycles. The number of nitrogens with one attached hydrogen (secondary N) is 1. The third kappa shape index (κ3) is 7.40. The zero-order valence-corrected chi connectivity index (χ0v) is 22.3. The van der Waals surface area contributed by atoms with Gasteiger partial charge in [0.15, 0.2) is 17.5 Å². The quantitative estimate of drug-likeness (QED) is 0.261. The minimum absolute atomic E-state index is 0. The van der Waals surface area contributed by atoms with Crippen molar-refractivity contribution in [1.82, 2.24) is 10.2 Å². The van der Waals surface area contributed by atoms with Crippen LogP contribution in [0.3, 0.4) is 0 Å². The molecular formula is C25H36IN3O4. The predicted molar refractivity (Wildman–Crippen MR) is 142 cm³/mol. The van der Waals surface area contributed by atoms with Crippen LogP contribution in [0, 0.1) is 5.92 Å². The average molecular weight is 569 g/mol. The predicted octanol–water partition coefficient (Wildman–Crippen LogP) is 4.33. The Kier molecular flexibility index (Phi) is 11.6. The van der Waals surface area contributed by atoms with Gasteiger partial charge in [-0.05, 0) is 31.0 Å². The fraction of sp³-hybridized carbons (Fsp3) is 0.480. The molecule has 8 heteroatoms. The lowest BCUT2D eigenvalue weighted by molar-refractivity contribution is 0.0906. The Morgan fingerprint density at radius 3 is 2.45 bits per heavy atom. The molecule has 1 unspecified atom stereocenters. The summed E-state index contributed by atoms with van der Waals surface area (Å²) in [5.74, 6) is 3.29. The second kappa shape index (κ2) is 14.1. The van der Waals surface area contributed by atoms with Crippen LogP contribution < -0.4 is 19.5 Å². The fourth-order valence-electron chi connectivity index (χ4n) is 3.95. The largest absolute Gasteiger partial charge is 0.493 e. The molecule has 0 bridgehead atoms. The summed E-state index contributed by atoms with van der Waals surface area (Å²) in [5.41, 5.74) is 2.16. The molecule has 1 aliphatic heterocycles. The van der Waals surface area contributed by atoms with E-state index in [2.05, 4.69) is 29.3 Å². The molecule has 7 nitrogen and oxygen atoms in total. The second-order valence-corrected chi connectivity index (χ2v) is 7.77. The maximum Gasteiger partial charge on any atom is 0.203 e. The van der Waals surface area contributed by atoms with Gasteiger partial charge < -0.3 is 29.2 Å². The highest BCUT2D eigenvalue weighted by molar-refractivity contribution is 14.0. The van der Waals surface area contributed by atoms with Gasteiger partial charge >= 0.3 is 0 Å².